The van der Waals surface area contributed by atoms with Crippen LogP contribution in [0.1, 0.15) is 0 Å². The second kappa shape index (κ2) is 7.02. The van der Waals surface area contributed by atoms with Gasteiger partial charge in [-0.2, -0.15) is 0 Å². The quantitative estimate of drug-likeness (QED) is 0.618. The SMILES string of the molecule is Nc1cc(Cl)ccc1SCC(=O)Nc1cccc(Br)c1. The molecule has 0 fully saturated rings. The van der Waals surface area contributed by atoms with E-state index in [2.05, 4.69) is 21.2 Å². The number of anilines is 2. The largest absolute Gasteiger partial charge is 0.398 e. The van der Waals surface area contributed by atoms with Crippen LogP contribution in [0.15, 0.2) is 51.8 Å². The van der Waals surface area contributed by atoms with Crippen molar-refractivity contribution in [2.24, 2.45) is 0 Å². The number of carbonyl (C=O) groups excluding carboxylic acids is 1. The fourth-order valence-corrected chi connectivity index (χ4v) is 2.89. The second-order valence-electron chi connectivity index (χ2n) is 4.03. The molecule has 3 N–H and O–H groups in total. The monoisotopic (exact) mass is 370 g/mol. The van der Waals surface area contributed by atoms with E-state index in [4.69, 9.17) is 17.3 Å². The van der Waals surface area contributed by atoms with Crippen LogP contribution in [-0.2, 0) is 4.79 Å². The molecule has 2 rings (SSSR count). The van der Waals surface area contributed by atoms with Crippen LogP contribution >= 0.6 is 39.3 Å². The van der Waals surface area contributed by atoms with Crippen LogP contribution in [0.2, 0.25) is 5.02 Å². The first kappa shape index (κ1) is 15.2. The standard InChI is InChI=1S/C14H12BrClN2OS/c15-9-2-1-3-11(6-9)18-14(19)8-20-13-5-4-10(16)7-12(13)17/h1-7H,8,17H2,(H,18,19). The summed E-state index contributed by atoms with van der Waals surface area (Å²) >= 11 is 10.6. The molecule has 0 radical (unpaired) electrons. The minimum Gasteiger partial charge on any atom is -0.398 e. The number of benzene rings is 2. The van der Waals surface area contributed by atoms with Gasteiger partial charge in [-0.25, -0.2) is 0 Å². The number of amides is 1. The Morgan fingerprint density at radius 3 is 2.80 bits per heavy atom. The van der Waals surface area contributed by atoms with Gasteiger partial charge >= 0.3 is 0 Å². The Labute approximate surface area is 135 Å². The van der Waals surface area contributed by atoms with E-state index in [1.807, 2.05) is 30.3 Å². The molecule has 0 unspecified atom stereocenters. The van der Waals surface area contributed by atoms with Gasteiger partial charge in [-0.1, -0.05) is 33.6 Å². The molecule has 2 aromatic rings. The van der Waals surface area contributed by atoms with Gasteiger partial charge in [0.1, 0.15) is 0 Å². The summed E-state index contributed by atoms with van der Waals surface area (Å²) in [5.74, 6) is 0.209. The van der Waals surface area contributed by atoms with Crippen molar-refractivity contribution in [1.29, 1.82) is 0 Å². The summed E-state index contributed by atoms with van der Waals surface area (Å²) in [5.41, 5.74) is 7.18. The van der Waals surface area contributed by atoms with Crippen molar-refractivity contribution in [3.8, 4) is 0 Å². The van der Waals surface area contributed by atoms with Gasteiger partial charge in [0, 0.05) is 25.8 Å². The van der Waals surface area contributed by atoms with Gasteiger partial charge in [-0.3, -0.25) is 4.79 Å². The van der Waals surface area contributed by atoms with Gasteiger partial charge in [-0.15, -0.1) is 11.8 Å². The molecule has 104 valence electrons. The third kappa shape index (κ3) is 4.44. The Balaban J connectivity index is 1.92. The number of thioether (sulfide) groups is 1. The van der Waals surface area contributed by atoms with Crippen molar-refractivity contribution in [1.82, 2.24) is 0 Å². The summed E-state index contributed by atoms with van der Waals surface area (Å²) in [7, 11) is 0. The van der Waals surface area contributed by atoms with E-state index in [0.717, 1.165) is 15.1 Å². The fourth-order valence-electron chi connectivity index (χ4n) is 1.56. The van der Waals surface area contributed by atoms with Crippen LogP contribution < -0.4 is 11.1 Å². The molecule has 3 nitrogen and oxygen atoms in total. The third-order valence-electron chi connectivity index (χ3n) is 2.44. The molecule has 0 saturated carbocycles. The summed E-state index contributed by atoms with van der Waals surface area (Å²) in [6.45, 7) is 0. The Bertz CT molecular complexity index is 636. The fraction of sp³-hybridized carbons (Fsp3) is 0.0714. The van der Waals surface area contributed by atoms with Crippen LogP contribution in [-0.4, -0.2) is 11.7 Å². The van der Waals surface area contributed by atoms with Gasteiger partial charge < -0.3 is 11.1 Å². The maximum atomic E-state index is 11.9. The maximum Gasteiger partial charge on any atom is 0.234 e. The Hall–Kier alpha value is -1.17. The van der Waals surface area contributed by atoms with Gasteiger partial charge in [0.15, 0.2) is 0 Å². The average Bonchev–Trinajstić information content (AvgIpc) is 2.37. The third-order valence-corrected chi connectivity index (χ3v) is 4.26. The predicted molar refractivity (Wildman–Crippen MR) is 89.4 cm³/mol. The van der Waals surface area contributed by atoms with Gasteiger partial charge in [0.05, 0.1) is 5.75 Å². The van der Waals surface area contributed by atoms with E-state index in [1.165, 1.54) is 11.8 Å². The number of halogens is 2. The van der Waals surface area contributed by atoms with Crippen molar-refractivity contribution in [2.45, 2.75) is 4.90 Å². The summed E-state index contributed by atoms with van der Waals surface area (Å²) in [6, 6.07) is 12.7. The van der Waals surface area contributed by atoms with Crippen LogP contribution in [0, 0.1) is 0 Å². The Kier molecular flexibility index (Phi) is 5.34. The van der Waals surface area contributed by atoms with Crippen LogP contribution in [0.5, 0.6) is 0 Å². The highest BCUT2D eigenvalue weighted by Crippen LogP contribution is 2.27. The van der Waals surface area contributed by atoms with E-state index in [-0.39, 0.29) is 5.91 Å². The average molecular weight is 372 g/mol. The van der Waals surface area contributed by atoms with Crippen molar-refractivity contribution in [2.75, 3.05) is 16.8 Å². The summed E-state index contributed by atoms with van der Waals surface area (Å²) in [5, 5.41) is 3.42. The molecule has 0 spiro atoms. The number of nitrogens with two attached hydrogens (primary N) is 1. The summed E-state index contributed by atoms with van der Waals surface area (Å²) in [4.78, 5) is 12.7. The Morgan fingerprint density at radius 1 is 1.30 bits per heavy atom. The molecule has 0 aromatic heterocycles. The minimum atomic E-state index is -0.0811. The van der Waals surface area contributed by atoms with Crippen molar-refractivity contribution < 1.29 is 4.79 Å². The molecular formula is C14H12BrClN2OS. The van der Waals surface area contributed by atoms with Crippen molar-refractivity contribution >= 4 is 56.6 Å². The lowest BCUT2D eigenvalue weighted by molar-refractivity contribution is -0.113. The number of carbonyl (C=O) groups is 1. The molecule has 2 aromatic carbocycles. The van der Waals surface area contributed by atoms with Crippen molar-refractivity contribution in [3.63, 3.8) is 0 Å². The summed E-state index contributed by atoms with van der Waals surface area (Å²) < 4.78 is 0.921. The topological polar surface area (TPSA) is 55.1 Å². The number of hydrogen-bond donors (Lipinski definition) is 2. The van der Waals surface area contributed by atoms with E-state index in [9.17, 15) is 4.79 Å². The maximum absolute atomic E-state index is 11.9. The zero-order chi connectivity index (χ0) is 14.5. The number of nitrogen functional groups attached to an aromatic ring is 1. The molecule has 0 saturated heterocycles. The highest BCUT2D eigenvalue weighted by atomic mass is 79.9. The van der Waals surface area contributed by atoms with Crippen LogP contribution in [0.3, 0.4) is 0 Å². The first-order valence-electron chi connectivity index (χ1n) is 5.78. The molecule has 20 heavy (non-hydrogen) atoms. The lowest BCUT2D eigenvalue weighted by Gasteiger charge is -2.07. The summed E-state index contributed by atoms with van der Waals surface area (Å²) in [6.07, 6.45) is 0. The first-order chi connectivity index (χ1) is 9.54. The molecule has 0 aliphatic rings. The molecule has 0 aliphatic carbocycles. The van der Waals surface area contributed by atoms with Crippen LogP contribution in [0.4, 0.5) is 11.4 Å². The van der Waals surface area contributed by atoms with Crippen molar-refractivity contribution in [3.05, 3.63) is 52.0 Å². The smallest absolute Gasteiger partial charge is 0.234 e. The molecule has 1 amide bonds. The lowest BCUT2D eigenvalue weighted by Crippen LogP contribution is -2.14. The molecular weight excluding hydrogens is 360 g/mol. The number of hydrogen-bond acceptors (Lipinski definition) is 3. The number of nitrogens with one attached hydrogen (secondary N) is 1. The van der Waals surface area contributed by atoms with Gasteiger partial charge in [-0.05, 0) is 36.4 Å². The normalized spacial score (nSPS) is 10.3. The molecule has 0 aliphatic heterocycles. The zero-order valence-corrected chi connectivity index (χ0v) is 13.6. The van der Waals surface area contributed by atoms with E-state index in [0.29, 0.717) is 16.5 Å². The van der Waals surface area contributed by atoms with E-state index < -0.39 is 0 Å². The molecule has 6 heteroatoms. The lowest BCUT2D eigenvalue weighted by atomic mass is 10.3. The first-order valence-corrected chi connectivity index (χ1v) is 7.93. The zero-order valence-electron chi connectivity index (χ0n) is 10.4. The van der Waals surface area contributed by atoms with Gasteiger partial charge in [0.2, 0.25) is 5.91 Å². The molecule has 0 bridgehead atoms. The second-order valence-corrected chi connectivity index (χ2v) is 6.40. The minimum absolute atomic E-state index is 0.0811. The van der Waals surface area contributed by atoms with Gasteiger partial charge in [0.25, 0.3) is 0 Å². The van der Waals surface area contributed by atoms with E-state index >= 15 is 0 Å². The predicted octanol–water partition coefficient (Wildman–Crippen LogP) is 4.42. The Morgan fingerprint density at radius 2 is 2.10 bits per heavy atom. The highest BCUT2D eigenvalue weighted by molar-refractivity contribution is 9.10. The highest BCUT2D eigenvalue weighted by Gasteiger charge is 2.06. The molecule has 0 heterocycles. The van der Waals surface area contributed by atoms with Crippen LogP contribution in [0.25, 0.3) is 0 Å². The molecule has 0 atom stereocenters. The van der Waals surface area contributed by atoms with E-state index in [1.54, 1.807) is 12.1 Å². The number of rotatable bonds is 4.